The highest BCUT2D eigenvalue weighted by Crippen LogP contribution is 2.47. The average Bonchev–Trinajstić information content (AvgIpc) is 3.39. The minimum absolute atomic E-state index is 0.0151. The van der Waals surface area contributed by atoms with Crippen molar-refractivity contribution in [2.45, 2.75) is 74.2 Å². The van der Waals surface area contributed by atoms with Gasteiger partial charge in [0.05, 0.1) is 23.3 Å². The van der Waals surface area contributed by atoms with E-state index in [2.05, 4.69) is 33.9 Å². The Balaban J connectivity index is 1.31. The van der Waals surface area contributed by atoms with Gasteiger partial charge in [-0.15, -0.1) is 0 Å². The molecule has 0 aromatic heterocycles. The zero-order valence-electron chi connectivity index (χ0n) is 24.8. The molecule has 2 bridgehead atoms. The van der Waals surface area contributed by atoms with Crippen molar-refractivity contribution in [2.24, 2.45) is 23.7 Å². The molecule has 2 fully saturated rings. The van der Waals surface area contributed by atoms with Crippen LogP contribution >= 0.6 is 11.6 Å². The number of fused-ring (bicyclic) bond motifs is 5. The Morgan fingerprint density at radius 3 is 2.77 bits per heavy atom. The van der Waals surface area contributed by atoms with E-state index in [9.17, 15) is 13.2 Å². The number of carbonyl (C=O) groups is 1. The van der Waals surface area contributed by atoms with Crippen LogP contribution in [-0.2, 0) is 31.4 Å². The van der Waals surface area contributed by atoms with Crippen molar-refractivity contribution in [2.75, 3.05) is 31.7 Å². The van der Waals surface area contributed by atoms with Gasteiger partial charge in [0.25, 0.3) is 10.0 Å². The Morgan fingerprint density at radius 1 is 1.07 bits per heavy atom. The third-order valence-corrected chi connectivity index (χ3v) is 12.5. The number of allylic oxidation sites excluding steroid dienone is 1. The summed E-state index contributed by atoms with van der Waals surface area (Å²) in [6, 6.07) is 11.3. The van der Waals surface area contributed by atoms with Crippen LogP contribution in [0.5, 0.6) is 5.75 Å². The van der Waals surface area contributed by atoms with E-state index in [-0.39, 0.29) is 28.3 Å². The molecule has 1 N–H and O–H groups in total. The number of aryl methyl sites for hydroxylation is 1. The lowest BCUT2D eigenvalue weighted by Crippen LogP contribution is -2.49. The molecule has 0 saturated heterocycles. The molecule has 2 heterocycles. The number of carbonyl (C=O) groups excluding carboxylic acids is 1. The molecular formula is C34H41ClN2O5S. The monoisotopic (exact) mass is 624 g/mol. The molecule has 2 aliphatic heterocycles. The van der Waals surface area contributed by atoms with Gasteiger partial charge in [-0.2, -0.15) is 0 Å². The molecule has 43 heavy (non-hydrogen) atoms. The van der Waals surface area contributed by atoms with Crippen molar-refractivity contribution in [1.29, 1.82) is 0 Å². The molecule has 1 spiro atoms. The van der Waals surface area contributed by atoms with Gasteiger partial charge >= 0.3 is 0 Å². The van der Waals surface area contributed by atoms with Gasteiger partial charge in [-0.25, -0.2) is 13.1 Å². The number of amides is 1. The molecule has 1 unspecified atom stereocenters. The van der Waals surface area contributed by atoms with Gasteiger partial charge in [0.1, 0.15) is 5.75 Å². The highest BCUT2D eigenvalue weighted by atomic mass is 35.5. The number of methoxy groups -OCH3 is 1. The zero-order chi connectivity index (χ0) is 29.8. The quantitative estimate of drug-likeness (QED) is 0.390. The van der Waals surface area contributed by atoms with Crippen molar-refractivity contribution in [3.63, 3.8) is 0 Å². The lowest BCUT2D eigenvalue weighted by molar-refractivity contribution is -0.124. The van der Waals surface area contributed by atoms with Crippen LogP contribution in [0.1, 0.15) is 62.5 Å². The minimum Gasteiger partial charge on any atom is -0.490 e. The Morgan fingerprint density at radius 2 is 1.95 bits per heavy atom. The second kappa shape index (κ2) is 11.4. The summed E-state index contributed by atoms with van der Waals surface area (Å²) in [6.45, 7) is 2.00. The van der Waals surface area contributed by atoms with Crippen LogP contribution in [0.4, 0.5) is 5.69 Å². The predicted octanol–water partition coefficient (Wildman–Crippen LogP) is 6.04. The summed E-state index contributed by atoms with van der Waals surface area (Å²) in [5.74, 6) is 0.881. The molecule has 9 heteroatoms. The highest BCUT2D eigenvalue weighted by molar-refractivity contribution is 7.90. The molecule has 2 aromatic rings. The lowest BCUT2D eigenvalue weighted by Gasteiger charge is -2.46. The normalized spacial score (nSPS) is 34.0. The van der Waals surface area contributed by atoms with Crippen molar-refractivity contribution in [3.05, 3.63) is 64.7 Å². The second-order valence-electron chi connectivity index (χ2n) is 13.4. The summed E-state index contributed by atoms with van der Waals surface area (Å²) in [7, 11) is -2.26. The van der Waals surface area contributed by atoms with Gasteiger partial charge in [0.2, 0.25) is 5.91 Å². The number of anilines is 1. The number of nitrogens with zero attached hydrogens (tertiary/aromatic N) is 1. The summed E-state index contributed by atoms with van der Waals surface area (Å²) in [5.41, 5.74) is 3.07. The molecule has 230 valence electrons. The van der Waals surface area contributed by atoms with Gasteiger partial charge in [0, 0.05) is 36.6 Å². The van der Waals surface area contributed by atoms with E-state index in [0.717, 1.165) is 68.6 Å². The summed E-state index contributed by atoms with van der Waals surface area (Å²) in [5, 5.41) is 0.746. The van der Waals surface area contributed by atoms with E-state index in [1.807, 2.05) is 6.07 Å². The fraction of sp³-hybridized carbons (Fsp3) is 0.559. The Hall–Kier alpha value is -2.55. The Bertz CT molecular complexity index is 1540. The summed E-state index contributed by atoms with van der Waals surface area (Å²) >= 11 is 6.41. The van der Waals surface area contributed by atoms with Crippen molar-refractivity contribution in [3.8, 4) is 5.75 Å². The number of hydrogen-bond acceptors (Lipinski definition) is 6. The van der Waals surface area contributed by atoms with Crippen LogP contribution in [0.25, 0.3) is 0 Å². The van der Waals surface area contributed by atoms with Crippen LogP contribution < -0.4 is 14.4 Å². The first-order chi connectivity index (χ1) is 20.8. The van der Waals surface area contributed by atoms with Crippen LogP contribution in [0.3, 0.4) is 0 Å². The van der Waals surface area contributed by atoms with E-state index < -0.39 is 15.9 Å². The number of nitrogens with one attached hydrogen (secondary N) is 1. The fourth-order valence-corrected chi connectivity index (χ4v) is 9.76. The van der Waals surface area contributed by atoms with E-state index >= 15 is 0 Å². The van der Waals surface area contributed by atoms with Gasteiger partial charge in [0.15, 0.2) is 0 Å². The number of sulfonamides is 1. The van der Waals surface area contributed by atoms with Crippen molar-refractivity contribution >= 4 is 33.2 Å². The largest absolute Gasteiger partial charge is 0.490 e. The number of benzene rings is 2. The smallest absolute Gasteiger partial charge is 0.264 e. The molecule has 7 rings (SSSR count). The summed E-state index contributed by atoms with van der Waals surface area (Å²) < 4.78 is 42.3. The number of ether oxygens (including phenoxy) is 2. The maximum absolute atomic E-state index is 13.6. The van der Waals surface area contributed by atoms with Crippen LogP contribution in [0.15, 0.2) is 53.4 Å². The minimum atomic E-state index is -4.05. The fourth-order valence-electron chi connectivity index (χ4n) is 8.51. The molecule has 2 saturated carbocycles. The summed E-state index contributed by atoms with van der Waals surface area (Å²) in [6.07, 6.45) is 12.9. The first kappa shape index (κ1) is 29.2. The molecule has 6 atom stereocenters. The van der Waals surface area contributed by atoms with Gasteiger partial charge in [-0.3, -0.25) is 4.79 Å². The molecule has 0 radical (unpaired) electrons. The first-order valence-corrected chi connectivity index (χ1v) is 17.7. The molecular weight excluding hydrogens is 584 g/mol. The Labute approximate surface area is 260 Å². The van der Waals surface area contributed by atoms with Gasteiger partial charge < -0.3 is 14.4 Å². The second-order valence-corrected chi connectivity index (χ2v) is 15.5. The Kier molecular flexibility index (Phi) is 7.75. The van der Waals surface area contributed by atoms with E-state index in [1.165, 1.54) is 11.1 Å². The molecule has 2 aromatic carbocycles. The standard InChI is InChI=1S/C34H41ClN2O5S/c1-41-31-9-3-6-22-5-2-8-28(22)33(38)36-43(39,40)26-12-15-32-30(18-26)37(19-24-10-13-27(24)31)20-34(21-42-32)16-4-7-23-17-25(35)11-14-29(23)34/h3,9,11-12,14-15,17-18,22,24,27-28,31H,2,4-8,10,13,16,19-21H2,1H3,(H,36,38)/b9-3+/t22?,24-,27+,28+,31-,34-/m0/s1. The molecule has 7 nitrogen and oxygen atoms in total. The molecule has 1 amide bonds. The predicted molar refractivity (Wildman–Crippen MR) is 167 cm³/mol. The molecule has 5 aliphatic rings. The van der Waals surface area contributed by atoms with Gasteiger partial charge in [-0.05, 0) is 111 Å². The van der Waals surface area contributed by atoms with Gasteiger partial charge in [-0.1, -0.05) is 36.2 Å². The van der Waals surface area contributed by atoms with Crippen molar-refractivity contribution in [1.82, 2.24) is 4.72 Å². The SMILES string of the molecule is CO[C@H]1/C=C/CC2CCC[C@H]2C(=O)NS(=O)(=O)c2ccc3c(c2)N(C[C@@H]2CC[C@H]21)C[C@@]1(CCCc2cc(Cl)ccc21)CO3. The topological polar surface area (TPSA) is 84.9 Å². The third-order valence-electron chi connectivity index (χ3n) is 10.9. The highest BCUT2D eigenvalue weighted by Gasteiger charge is 2.45. The average molecular weight is 625 g/mol. The zero-order valence-corrected chi connectivity index (χ0v) is 26.3. The van der Waals surface area contributed by atoms with E-state index in [4.69, 9.17) is 21.1 Å². The van der Waals surface area contributed by atoms with Crippen molar-refractivity contribution < 1.29 is 22.7 Å². The lowest BCUT2D eigenvalue weighted by atomic mass is 9.68. The first-order valence-electron chi connectivity index (χ1n) is 15.8. The third kappa shape index (κ3) is 5.38. The number of halogens is 1. The van der Waals surface area contributed by atoms with E-state index in [0.29, 0.717) is 37.2 Å². The number of rotatable bonds is 1. The van der Waals surface area contributed by atoms with Crippen LogP contribution in [0.2, 0.25) is 5.02 Å². The maximum atomic E-state index is 13.6. The summed E-state index contributed by atoms with van der Waals surface area (Å²) in [4.78, 5) is 15.8. The number of hydrogen-bond donors (Lipinski definition) is 1. The molecule has 3 aliphatic carbocycles. The maximum Gasteiger partial charge on any atom is 0.264 e. The van der Waals surface area contributed by atoms with Crippen LogP contribution in [0, 0.1) is 23.7 Å². The van der Waals surface area contributed by atoms with E-state index in [1.54, 1.807) is 25.3 Å². The van der Waals surface area contributed by atoms with Crippen LogP contribution in [-0.4, -0.2) is 47.2 Å².